The zero-order chi connectivity index (χ0) is 11.4. The first-order valence-electron chi connectivity index (χ1n) is 4.50. The van der Waals surface area contributed by atoms with Crippen LogP contribution >= 0.6 is 0 Å². The highest BCUT2D eigenvalue weighted by Crippen LogP contribution is 2.21. The molecule has 0 unspecified atom stereocenters. The molecule has 0 aliphatic carbocycles. The third-order valence-corrected chi connectivity index (χ3v) is 2.24. The van der Waals surface area contributed by atoms with Gasteiger partial charge >= 0.3 is 5.97 Å². The fraction of sp³-hybridized carbons (Fsp3) is 0.273. The van der Waals surface area contributed by atoms with Crippen molar-refractivity contribution in [3.8, 4) is 0 Å². The number of anilines is 1. The Balaban J connectivity index is 3.36. The molecule has 0 atom stereocenters. The molecule has 1 N–H and O–H groups in total. The maximum Gasteiger partial charge on any atom is 0.338 e. The predicted octanol–water partition coefficient (Wildman–Crippen LogP) is 1.64. The molecular formula is C11H13NO3. The van der Waals surface area contributed by atoms with E-state index in [1.807, 2.05) is 0 Å². The van der Waals surface area contributed by atoms with Gasteiger partial charge in [-0.25, -0.2) is 4.79 Å². The van der Waals surface area contributed by atoms with Crippen molar-refractivity contribution in [2.75, 3.05) is 19.5 Å². The Morgan fingerprint density at radius 2 is 2.13 bits per heavy atom. The molecule has 4 heteroatoms. The molecule has 0 spiro atoms. The summed E-state index contributed by atoms with van der Waals surface area (Å²) in [6, 6.07) is 3.21. The Labute approximate surface area is 88.2 Å². The number of esters is 1. The number of hydrogen-bond acceptors (Lipinski definition) is 4. The second kappa shape index (κ2) is 4.59. The SMILES string of the molecule is CNc1cc(C=O)cc(C(=O)OC)c1C. The Bertz CT molecular complexity index is 399. The van der Waals surface area contributed by atoms with Crippen molar-refractivity contribution in [1.29, 1.82) is 0 Å². The molecule has 0 saturated heterocycles. The van der Waals surface area contributed by atoms with Crippen molar-refractivity contribution in [3.05, 3.63) is 28.8 Å². The summed E-state index contributed by atoms with van der Waals surface area (Å²) in [7, 11) is 3.05. The average molecular weight is 207 g/mol. The highest BCUT2D eigenvalue weighted by atomic mass is 16.5. The van der Waals surface area contributed by atoms with Gasteiger partial charge in [0.1, 0.15) is 6.29 Å². The van der Waals surface area contributed by atoms with E-state index in [1.54, 1.807) is 20.0 Å². The van der Waals surface area contributed by atoms with Crippen LogP contribution in [0.4, 0.5) is 5.69 Å². The van der Waals surface area contributed by atoms with E-state index >= 15 is 0 Å². The van der Waals surface area contributed by atoms with Crippen LogP contribution in [0.5, 0.6) is 0 Å². The van der Waals surface area contributed by atoms with E-state index in [-0.39, 0.29) is 0 Å². The van der Waals surface area contributed by atoms with E-state index in [0.29, 0.717) is 17.4 Å². The van der Waals surface area contributed by atoms with E-state index in [0.717, 1.165) is 11.3 Å². The standard InChI is InChI=1S/C11H13NO3/c1-7-9(11(14)15-3)4-8(6-13)5-10(7)12-2/h4-6,12H,1-3H3. The number of carbonyl (C=O) groups excluding carboxylic acids is 2. The van der Waals surface area contributed by atoms with Gasteiger partial charge in [-0.3, -0.25) is 4.79 Å². The first-order valence-corrected chi connectivity index (χ1v) is 4.50. The molecule has 1 aromatic carbocycles. The fourth-order valence-corrected chi connectivity index (χ4v) is 1.39. The van der Waals surface area contributed by atoms with E-state index < -0.39 is 5.97 Å². The van der Waals surface area contributed by atoms with E-state index in [1.165, 1.54) is 13.2 Å². The van der Waals surface area contributed by atoms with Crippen LogP contribution in [0.1, 0.15) is 26.3 Å². The minimum absolute atomic E-state index is 0.409. The maximum atomic E-state index is 11.4. The molecule has 0 aliphatic heterocycles. The van der Waals surface area contributed by atoms with Gasteiger partial charge in [0, 0.05) is 18.3 Å². The Morgan fingerprint density at radius 1 is 1.47 bits per heavy atom. The first-order chi connectivity index (χ1) is 7.13. The van der Waals surface area contributed by atoms with Crippen LogP contribution in [0.3, 0.4) is 0 Å². The lowest BCUT2D eigenvalue weighted by atomic mass is 10.0. The largest absolute Gasteiger partial charge is 0.465 e. The minimum atomic E-state index is -0.437. The number of aldehydes is 1. The van der Waals surface area contributed by atoms with Gasteiger partial charge < -0.3 is 10.1 Å². The maximum absolute atomic E-state index is 11.4. The molecule has 0 amide bonds. The van der Waals surface area contributed by atoms with Gasteiger partial charge in [-0.2, -0.15) is 0 Å². The lowest BCUT2D eigenvalue weighted by Crippen LogP contribution is -2.07. The Kier molecular flexibility index (Phi) is 3.44. The van der Waals surface area contributed by atoms with E-state index in [4.69, 9.17) is 0 Å². The molecule has 1 rings (SSSR count). The minimum Gasteiger partial charge on any atom is -0.465 e. The predicted molar refractivity (Wildman–Crippen MR) is 57.5 cm³/mol. The summed E-state index contributed by atoms with van der Waals surface area (Å²) >= 11 is 0. The van der Waals surface area contributed by atoms with Crippen LogP contribution in [0.25, 0.3) is 0 Å². The van der Waals surface area contributed by atoms with E-state index in [9.17, 15) is 9.59 Å². The third kappa shape index (κ3) is 2.15. The van der Waals surface area contributed by atoms with Crippen LogP contribution in [0.15, 0.2) is 12.1 Å². The summed E-state index contributed by atoms with van der Waals surface area (Å²) in [5.41, 5.74) is 2.38. The number of benzene rings is 1. The summed E-state index contributed by atoms with van der Waals surface area (Å²) in [6.45, 7) is 1.80. The Morgan fingerprint density at radius 3 is 2.60 bits per heavy atom. The number of carbonyl (C=O) groups is 2. The normalized spacial score (nSPS) is 9.53. The van der Waals surface area contributed by atoms with Gasteiger partial charge in [-0.05, 0) is 24.6 Å². The average Bonchev–Trinajstić information content (AvgIpc) is 2.28. The van der Waals surface area contributed by atoms with Crippen LogP contribution < -0.4 is 5.32 Å². The highest BCUT2D eigenvalue weighted by molar-refractivity contribution is 5.95. The fourth-order valence-electron chi connectivity index (χ4n) is 1.39. The number of rotatable bonds is 3. The number of nitrogens with one attached hydrogen (secondary N) is 1. The van der Waals surface area contributed by atoms with Crippen LogP contribution in [-0.2, 0) is 4.74 Å². The zero-order valence-corrected chi connectivity index (χ0v) is 8.96. The summed E-state index contributed by atoms with van der Waals surface area (Å²) in [5, 5.41) is 2.92. The highest BCUT2D eigenvalue weighted by Gasteiger charge is 2.13. The van der Waals surface area contributed by atoms with Gasteiger partial charge in [0.15, 0.2) is 0 Å². The summed E-state index contributed by atoms with van der Waals surface area (Å²) in [4.78, 5) is 22.1. The second-order valence-electron chi connectivity index (χ2n) is 3.10. The van der Waals surface area contributed by atoms with Crippen LogP contribution in [0.2, 0.25) is 0 Å². The quantitative estimate of drug-likeness (QED) is 0.604. The molecule has 80 valence electrons. The number of methoxy groups -OCH3 is 1. The molecule has 0 saturated carbocycles. The van der Waals surface area contributed by atoms with Crippen LogP contribution in [0, 0.1) is 6.92 Å². The summed E-state index contributed by atoms with van der Waals surface area (Å²) < 4.78 is 4.63. The molecule has 0 heterocycles. The summed E-state index contributed by atoms with van der Waals surface area (Å²) in [6.07, 6.45) is 0.701. The topological polar surface area (TPSA) is 55.4 Å². The van der Waals surface area contributed by atoms with Crippen molar-refractivity contribution in [3.63, 3.8) is 0 Å². The van der Waals surface area contributed by atoms with Gasteiger partial charge in [0.05, 0.1) is 12.7 Å². The lowest BCUT2D eigenvalue weighted by Gasteiger charge is -2.10. The van der Waals surface area contributed by atoms with Crippen molar-refractivity contribution >= 4 is 17.9 Å². The Hall–Kier alpha value is -1.84. The van der Waals surface area contributed by atoms with Crippen molar-refractivity contribution in [2.24, 2.45) is 0 Å². The van der Waals surface area contributed by atoms with Crippen molar-refractivity contribution in [1.82, 2.24) is 0 Å². The van der Waals surface area contributed by atoms with Crippen molar-refractivity contribution in [2.45, 2.75) is 6.92 Å². The molecule has 0 aromatic heterocycles. The van der Waals surface area contributed by atoms with Crippen molar-refractivity contribution < 1.29 is 14.3 Å². The number of ether oxygens (including phenoxy) is 1. The molecule has 0 aliphatic rings. The second-order valence-corrected chi connectivity index (χ2v) is 3.10. The lowest BCUT2D eigenvalue weighted by molar-refractivity contribution is 0.0600. The van der Waals surface area contributed by atoms with Gasteiger partial charge in [0.2, 0.25) is 0 Å². The molecule has 15 heavy (non-hydrogen) atoms. The van der Waals surface area contributed by atoms with Crippen LogP contribution in [-0.4, -0.2) is 26.4 Å². The molecule has 0 radical (unpaired) electrons. The monoisotopic (exact) mass is 207 g/mol. The van der Waals surface area contributed by atoms with Gasteiger partial charge in [-0.1, -0.05) is 0 Å². The molecule has 0 bridgehead atoms. The molecule has 1 aromatic rings. The molecule has 0 fully saturated rings. The first kappa shape index (κ1) is 11.2. The number of hydrogen-bond donors (Lipinski definition) is 1. The molecular weight excluding hydrogens is 194 g/mol. The smallest absolute Gasteiger partial charge is 0.338 e. The van der Waals surface area contributed by atoms with Gasteiger partial charge in [-0.15, -0.1) is 0 Å². The van der Waals surface area contributed by atoms with Gasteiger partial charge in [0.25, 0.3) is 0 Å². The third-order valence-electron chi connectivity index (χ3n) is 2.24. The zero-order valence-electron chi connectivity index (χ0n) is 8.96. The molecule has 4 nitrogen and oxygen atoms in total. The summed E-state index contributed by atoms with van der Waals surface area (Å²) in [5.74, 6) is -0.437. The van der Waals surface area contributed by atoms with E-state index in [2.05, 4.69) is 10.1 Å².